The number of likely N-dealkylation sites (N-methyl/N-ethyl adjacent to an activating group) is 1. The highest BCUT2D eigenvalue weighted by atomic mass is 16.2. The number of carbonyl (C=O) groups is 2. The van der Waals surface area contributed by atoms with Crippen LogP contribution in [0.5, 0.6) is 0 Å². The smallest absolute Gasteiger partial charge is 0.224 e. The predicted molar refractivity (Wildman–Crippen MR) is 97.3 cm³/mol. The molecular formula is C18H30N6O2. The van der Waals surface area contributed by atoms with Crippen LogP contribution in [0.25, 0.3) is 0 Å². The van der Waals surface area contributed by atoms with Crippen LogP contribution in [-0.2, 0) is 16.1 Å². The van der Waals surface area contributed by atoms with Crippen LogP contribution in [0.1, 0.15) is 32.1 Å². The second-order valence-corrected chi connectivity index (χ2v) is 7.95. The predicted octanol–water partition coefficient (Wildman–Crippen LogP) is 0.461. The fourth-order valence-corrected chi connectivity index (χ4v) is 4.10. The maximum Gasteiger partial charge on any atom is 0.224 e. The summed E-state index contributed by atoms with van der Waals surface area (Å²) in [6, 6.07) is 0. The van der Waals surface area contributed by atoms with Gasteiger partial charge < -0.3 is 14.7 Å². The third kappa shape index (κ3) is 4.60. The monoisotopic (exact) mass is 362 g/mol. The van der Waals surface area contributed by atoms with Gasteiger partial charge in [0, 0.05) is 51.0 Å². The van der Waals surface area contributed by atoms with Crippen molar-refractivity contribution in [2.24, 2.45) is 5.41 Å². The first kappa shape index (κ1) is 18.8. The molecule has 8 nitrogen and oxygen atoms in total. The van der Waals surface area contributed by atoms with E-state index in [-0.39, 0.29) is 17.2 Å². The van der Waals surface area contributed by atoms with Gasteiger partial charge in [-0.25, -0.2) is 4.98 Å². The minimum absolute atomic E-state index is 0.0708. The standard InChI is InChI=1S/C18H30N6O2/c1-21(2)10-11-23-13-18(7-4-16(23)25)6-3-8-22(12-18)17(26)5-9-24-15-19-14-20-24/h14-15H,3-13H2,1-2H3/t18-/m1/s1. The summed E-state index contributed by atoms with van der Waals surface area (Å²) in [6.07, 6.45) is 7.20. The Balaban J connectivity index is 1.57. The molecule has 1 aromatic rings. The number of hydrogen-bond acceptors (Lipinski definition) is 5. The minimum atomic E-state index is 0.0708. The molecule has 0 saturated carbocycles. The van der Waals surface area contributed by atoms with Crippen LogP contribution in [0.15, 0.2) is 12.7 Å². The molecule has 2 fully saturated rings. The average Bonchev–Trinajstić information content (AvgIpc) is 3.14. The van der Waals surface area contributed by atoms with Crippen LogP contribution in [0.4, 0.5) is 0 Å². The normalized spacial score (nSPS) is 23.9. The van der Waals surface area contributed by atoms with E-state index in [9.17, 15) is 9.59 Å². The zero-order chi connectivity index (χ0) is 18.6. The van der Waals surface area contributed by atoms with Gasteiger partial charge in [0.15, 0.2) is 0 Å². The van der Waals surface area contributed by atoms with Crippen molar-refractivity contribution in [3.8, 4) is 0 Å². The Kier molecular flexibility index (Phi) is 5.90. The summed E-state index contributed by atoms with van der Waals surface area (Å²) < 4.78 is 1.69. The van der Waals surface area contributed by atoms with E-state index in [0.29, 0.717) is 19.4 Å². The van der Waals surface area contributed by atoms with Crippen molar-refractivity contribution >= 4 is 11.8 Å². The lowest BCUT2D eigenvalue weighted by Gasteiger charge is -2.48. The number of piperidine rings is 2. The maximum absolute atomic E-state index is 12.7. The Morgan fingerprint density at radius 3 is 2.85 bits per heavy atom. The molecule has 1 spiro atoms. The van der Waals surface area contributed by atoms with Gasteiger partial charge in [-0.3, -0.25) is 14.3 Å². The molecule has 0 aromatic carbocycles. The highest BCUT2D eigenvalue weighted by Crippen LogP contribution is 2.39. The van der Waals surface area contributed by atoms with E-state index in [4.69, 9.17) is 0 Å². The number of aryl methyl sites for hydroxylation is 1. The lowest BCUT2D eigenvalue weighted by Crippen LogP contribution is -2.55. The molecule has 2 aliphatic heterocycles. The molecular weight excluding hydrogens is 332 g/mol. The van der Waals surface area contributed by atoms with Crippen molar-refractivity contribution in [1.82, 2.24) is 29.5 Å². The minimum Gasteiger partial charge on any atom is -0.342 e. The molecule has 0 N–H and O–H groups in total. The number of hydrogen-bond donors (Lipinski definition) is 0. The summed E-state index contributed by atoms with van der Waals surface area (Å²) in [4.78, 5) is 35.0. The largest absolute Gasteiger partial charge is 0.342 e. The zero-order valence-electron chi connectivity index (χ0n) is 15.9. The van der Waals surface area contributed by atoms with Gasteiger partial charge in [0.2, 0.25) is 11.8 Å². The summed E-state index contributed by atoms with van der Waals surface area (Å²) in [5, 5.41) is 4.06. The maximum atomic E-state index is 12.7. The SMILES string of the molecule is CN(C)CCN1C[C@]2(CCCN(C(=O)CCn3cncn3)C2)CCC1=O. The van der Waals surface area contributed by atoms with Crippen LogP contribution in [0, 0.1) is 5.41 Å². The van der Waals surface area contributed by atoms with Gasteiger partial charge in [0.25, 0.3) is 0 Å². The molecule has 144 valence electrons. The molecule has 2 aliphatic rings. The third-order valence-electron chi connectivity index (χ3n) is 5.60. The van der Waals surface area contributed by atoms with Crippen molar-refractivity contribution in [2.75, 3.05) is 46.8 Å². The first-order valence-electron chi connectivity index (χ1n) is 9.50. The summed E-state index contributed by atoms with van der Waals surface area (Å²) >= 11 is 0. The van der Waals surface area contributed by atoms with Crippen LogP contribution < -0.4 is 0 Å². The molecule has 0 bridgehead atoms. The average molecular weight is 362 g/mol. The topological polar surface area (TPSA) is 74.6 Å². The summed E-state index contributed by atoms with van der Waals surface area (Å²) in [6.45, 7) is 4.59. The molecule has 3 heterocycles. The molecule has 0 aliphatic carbocycles. The fourth-order valence-electron chi connectivity index (χ4n) is 4.10. The van der Waals surface area contributed by atoms with Crippen LogP contribution in [0.2, 0.25) is 0 Å². The van der Waals surface area contributed by atoms with Gasteiger partial charge in [0.05, 0.1) is 6.54 Å². The number of likely N-dealkylation sites (tertiary alicyclic amines) is 2. The van der Waals surface area contributed by atoms with Crippen molar-refractivity contribution in [3.05, 3.63) is 12.7 Å². The van der Waals surface area contributed by atoms with Crippen LogP contribution in [0.3, 0.4) is 0 Å². The summed E-state index contributed by atoms with van der Waals surface area (Å²) in [7, 11) is 4.06. The number of amides is 2. The van der Waals surface area contributed by atoms with Crippen LogP contribution in [-0.4, -0.2) is 88.1 Å². The molecule has 2 saturated heterocycles. The number of nitrogens with zero attached hydrogens (tertiary/aromatic N) is 6. The lowest BCUT2D eigenvalue weighted by atomic mass is 9.73. The van der Waals surface area contributed by atoms with Gasteiger partial charge in [-0.1, -0.05) is 0 Å². The van der Waals surface area contributed by atoms with E-state index >= 15 is 0 Å². The quantitative estimate of drug-likeness (QED) is 0.735. The number of carbonyl (C=O) groups excluding carboxylic acids is 2. The Morgan fingerprint density at radius 2 is 2.12 bits per heavy atom. The van der Waals surface area contributed by atoms with E-state index in [1.54, 1.807) is 11.0 Å². The second-order valence-electron chi connectivity index (χ2n) is 7.95. The number of aromatic nitrogens is 3. The molecule has 0 unspecified atom stereocenters. The third-order valence-corrected chi connectivity index (χ3v) is 5.60. The highest BCUT2D eigenvalue weighted by molar-refractivity contribution is 5.78. The molecule has 1 aromatic heterocycles. The molecule has 8 heteroatoms. The molecule has 26 heavy (non-hydrogen) atoms. The molecule has 3 rings (SSSR count). The fraction of sp³-hybridized carbons (Fsp3) is 0.778. The molecule has 2 amide bonds. The van der Waals surface area contributed by atoms with Gasteiger partial charge in [0.1, 0.15) is 12.7 Å². The van der Waals surface area contributed by atoms with Crippen molar-refractivity contribution in [1.29, 1.82) is 0 Å². The van der Waals surface area contributed by atoms with Crippen LogP contribution >= 0.6 is 0 Å². The molecule has 0 radical (unpaired) electrons. The Labute approximate surface area is 155 Å². The van der Waals surface area contributed by atoms with Crippen molar-refractivity contribution < 1.29 is 9.59 Å². The van der Waals surface area contributed by atoms with Gasteiger partial charge in [-0.2, -0.15) is 5.10 Å². The Hall–Kier alpha value is -1.96. The molecule has 1 atom stereocenters. The number of rotatable bonds is 6. The first-order valence-corrected chi connectivity index (χ1v) is 9.50. The summed E-state index contributed by atoms with van der Waals surface area (Å²) in [5.41, 5.74) is 0.0708. The van der Waals surface area contributed by atoms with Gasteiger partial charge in [-0.05, 0) is 33.4 Å². The summed E-state index contributed by atoms with van der Waals surface area (Å²) in [5.74, 6) is 0.434. The second kappa shape index (κ2) is 8.16. The van der Waals surface area contributed by atoms with E-state index < -0.39 is 0 Å². The lowest BCUT2D eigenvalue weighted by molar-refractivity contribution is -0.143. The Bertz CT molecular complexity index is 617. The zero-order valence-corrected chi connectivity index (χ0v) is 15.9. The van der Waals surface area contributed by atoms with Crippen molar-refractivity contribution in [3.63, 3.8) is 0 Å². The van der Waals surface area contributed by atoms with E-state index in [1.165, 1.54) is 6.33 Å². The highest BCUT2D eigenvalue weighted by Gasteiger charge is 2.42. The van der Waals surface area contributed by atoms with Gasteiger partial charge in [-0.15, -0.1) is 0 Å². The van der Waals surface area contributed by atoms with E-state index in [1.807, 2.05) is 23.9 Å². The first-order chi connectivity index (χ1) is 12.5. The van der Waals surface area contributed by atoms with Crippen molar-refractivity contribution in [2.45, 2.75) is 38.6 Å². The van der Waals surface area contributed by atoms with Gasteiger partial charge >= 0.3 is 0 Å². The Morgan fingerprint density at radius 1 is 1.27 bits per heavy atom. The van der Waals surface area contributed by atoms with E-state index in [2.05, 4.69) is 15.0 Å². The van der Waals surface area contributed by atoms with E-state index in [0.717, 1.165) is 52.0 Å².